The third kappa shape index (κ3) is 6.62. The molecule has 3 aromatic rings. The number of anilines is 2. The van der Waals surface area contributed by atoms with Crippen molar-refractivity contribution >= 4 is 38.9 Å². The van der Waals surface area contributed by atoms with E-state index in [9.17, 15) is 26.4 Å². The molecule has 0 aliphatic rings. The summed E-state index contributed by atoms with van der Waals surface area (Å²) in [5.74, 6) is 0.356. The fourth-order valence-electron chi connectivity index (χ4n) is 2.82. The van der Waals surface area contributed by atoms with Gasteiger partial charge in [-0.25, -0.2) is 8.42 Å². The molecule has 0 saturated heterocycles. The fourth-order valence-corrected chi connectivity index (χ4v) is 3.95. The van der Waals surface area contributed by atoms with E-state index in [0.29, 0.717) is 27.6 Å². The lowest BCUT2D eigenvalue weighted by Gasteiger charge is -2.24. The molecule has 0 bridgehead atoms. The van der Waals surface area contributed by atoms with Crippen LogP contribution >= 0.6 is 11.6 Å². The maximum atomic E-state index is 13.1. The number of nitrogens with zero attached hydrogens (tertiary/aromatic N) is 1. The van der Waals surface area contributed by atoms with Crippen molar-refractivity contribution in [2.45, 2.75) is 6.18 Å². The number of hydrogen-bond donors (Lipinski definition) is 1. The molecule has 3 aromatic carbocycles. The maximum absolute atomic E-state index is 13.1. The Balaban J connectivity index is 1.75. The van der Waals surface area contributed by atoms with Gasteiger partial charge in [0.15, 0.2) is 0 Å². The van der Waals surface area contributed by atoms with Crippen LogP contribution in [0.25, 0.3) is 0 Å². The summed E-state index contributed by atoms with van der Waals surface area (Å²) < 4.78 is 69.9. The molecule has 0 unspecified atom stereocenters. The molecule has 3 rings (SSSR count). The molecule has 1 amide bonds. The Bertz CT molecular complexity index is 1230. The highest BCUT2D eigenvalue weighted by Crippen LogP contribution is 2.36. The second-order valence-corrected chi connectivity index (χ2v) is 9.24. The molecule has 174 valence electrons. The largest absolute Gasteiger partial charge is 0.457 e. The van der Waals surface area contributed by atoms with Gasteiger partial charge < -0.3 is 10.1 Å². The van der Waals surface area contributed by atoms with E-state index in [1.54, 1.807) is 24.3 Å². The minimum Gasteiger partial charge on any atom is -0.457 e. The third-order valence-electron chi connectivity index (χ3n) is 4.35. The normalized spacial score (nSPS) is 11.7. The number of amides is 1. The molecule has 0 radical (unpaired) electrons. The fraction of sp³-hybridized carbons (Fsp3) is 0.136. The summed E-state index contributed by atoms with van der Waals surface area (Å²) in [6, 6.07) is 17.5. The summed E-state index contributed by atoms with van der Waals surface area (Å²) in [5.41, 5.74) is -1.20. The van der Waals surface area contributed by atoms with Gasteiger partial charge in [-0.05, 0) is 54.6 Å². The first kappa shape index (κ1) is 24.4. The van der Waals surface area contributed by atoms with Gasteiger partial charge in [-0.2, -0.15) is 13.2 Å². The topological polar surface area (TPSA) is 75.7 Å². The molecule has 6 nitrogen and oxygen atoms in total. The van der Waals surface area contributed by atoms with E-state index >= 15 is 0 Å². The number of benzene rings is 3. The molecule has 0 aliphatic heterocycles. The van der Waals surface area contributed by atoms with E-state index in [-0.39, 0.29) is 5.02 Å². The average molecular weight is 499 g/mol. The van der Waals surface area contributed by atoms with E-state index in [1.165, 1.54) is 12.1 Å². The summed E-state index contributed by atoms with van der Waals surface area (Å²) in [6.45, 7) is -0.776. The van der Waals surface area contributed by atoms with Crippen LogP contribution < -0.4 is 14.4 Å². The quantitative estimate of drug-likeness (QED) is 0.463. The van der Waals surface area contributed by atoms with Crippen LogP contribution in [0.4, 0.5) is 24.5 Å². The van der Waals surface area contributed by atoms with Crippen LogP contribution in [0.1, 0.15) is 5.56 Å². The Kier molecular flexibility index (Phi) is 7.19. The van der Waals surface area contributed by atoms with Gasteiger partial charge in [0.05, 0.1) is 22.5 Å². The van der Waals surface area contributed by atoms with Gasteiger partial charge in [-0.3, -0.25) is 9.10 Å². The molecular weight excluding hydrogens is 481 g/mol. The number of para-hydroxylation sites is 1. The standard InChI is InChI=1S/C22H18ClF3N2O4S/c1-33(30,31)28(20-13-15(22(24,25)26)7-12-19(20)23)14-21(29)27-16-8-10-18(11-9-16)32-17-5-3-2-4-6-17/h2-13H,14H2,1H3,(H,27,29). The first-order valence-electron chi connectivity index (χ1n) is 9.41. The van der Waals surface area contributed by atoms with Crippen molar-refractivity contribution in [2.75, 3.05) is 22.4 Å². The summed E-state index contributed by atoms with van der Waals surface area (Å²) in [7, 11) is -4.13. The van der Waals surface area contributed by atoms with E-state index < -0.39 is 39.9 Å². The minimum atomic E-state index is -4.71. The lowest BCUT2D eigenvalue weighted by Crippen LogP contribution is -2.37. The minimum absolute atomic E-state index is 0.247. The highest BCUT2D eigenvalue weighted by Gasteiger charge is 2.33. The molecule has 0 aliphatic carbocycles. The number of alkyl halides is 3. The Hall–Kier alpha value is -3.24. The van der Waals surface area contributed by atoms with Crippen LogP contribution in [0.15, 0.2) is 72.8 Å². The number of carbonyl (C=O) groups excluding carboxylic acids is 1. The molecule has 33 heavy (non-hydrogen) atoms. The van der Waals surface area contributed by atoms with Crippen molar-refractivity contribution < 1.29 is 31.1 Å². The van der Waals surface area contributed by atoms with Gasteiger partial charge in [0.25, 0.3) is 0 Å². The van der Waals surface area contributed by atoms with Crippen LogP contribution in [0, 0.1) is 0 Å². The Morgan fingerprint density at radius 2 is 1.61 bits per heavy atom. The van der Waals surface area contributed by atoms with Gasteiger partial charge in [0, 0.05) is 5.69 Å². The van der Waals surface area contributed by atoms with Gasteiger partial charge in [0.1, 0.15) is 18.0 Å². The zero-order valence-corrected chi connectivity index (χ0v) is 18.7. The Morgan fingerprint density at radius 3 is 2.18 bits per heavy atom. The van der Waals surface area contributed by atoms with Crippen LogP contribution in [-0.4, -0.2) is 27.1 Å². The molecule has 0 atom stereocenters. The summed E-state index contributed by atoms with van der Waals surface area (Å²) >= 11 is 5.96. The van der Waals surface area contributed by atoms with Crippen molar-refractivity contribution in [3.8, 4) is 11.5 Å². The SMILES string of the molecule is CS(=O)(=O)N(CC(=O)Nc1ccc(Oc2ccccc2)cc1)c1cc(C(F)(F)F)ccc1Cl. The van der Waals surface area contributed by atoms with E-state index in [1.807, 2.05) is 18.2 Å². The summed E-state index contributed by atoms with van der Waals surface area (Å²) in [5, 5.41) is 2.26. The first-order valence-corrected chi connectivity index (χ1v) is 11.6. The lowest BCUT2D eigenvalue weighted by molar-refractivity contribution is -0.137. The number of rotatable bonds is 7. The van der Waals surface area contributed by atoms with Gasteiger partial charge in [0.2, 0.25) is 15.9 Å². The number of hydrogen-bond acceptors (Lipinski definition) is 4. The van der Waals surface area contributed by atoms with E-state index in [4.69, 9.17) is 16.3 Å². The van der Waals surface area contributed by atoms with Crippen LogP contribution in [0.5, 0.6) is 11.5 Å². The average Bonchev–Trinajstić information content (AvgIpc) is 2.73. The molecule has 0 saturated carbocycles. The van der Waals surface area contributed by atoms with Crippen molar-refractivity contribution in [1.29, 1.82) is 0 Å². The number of carbonyl (C=O) groups is 1. The maximum Gasteiger partial charge on any atom is 0.416 e. The Labute approximate surface area is 193 Å². The van der Waals surface area contributed by atoms with Gasteiger partial charge >= 0.3 is 6.18 Å². The van der Waals surface area contributed by atoms with Gasteiger partial charge in [-0.1, -0.05) is 29.8 Å². The molecular formula is C22H18ClF3N2O4S. The second-order valence-electron chi connectivity index (χ2n) is 6.92. The van der Waals surface area contributed by atoms with Crippen molar-refractivity contribution in [3.05, 3.63) is 83.4 Å². The van der Waals surface area contributed by atoms with Crippen LogP contribution in [0.3, 0.4) is 0 Å². The molecule has 0 fully saturated rings. The molecule has 0 aromatic heterocycles. The van der Waals surface area contributed by atoms with Crippen LogP contribution in [0.2, 0.25) is 5.02 Å². The lowest BCUT2D eigenvalue weighted by atomic mass is 10.2. The first-order chi connectivity index (χ1) is 15.4. The van der Waals surface area contributed by atoms with Crippen molar-refractivity contribution in [3.63, 3.8) is 0 Å². The molecule has 1 N–H and O–H groups in total. The van der Waals surface area contributed by atoms with E-state index in [0.717, 1.165) is 18.4 Å². The smallest absolute Gasteiger partial charge is 0.416 e. The highest BCUT2D eigenvalue weighted by molar-refractivity contribution is 7.92. The monoisotopic (exact) mass is 498 g/mol. The third-order valence-corrected chi connectivity index (χ3v) is 5.79. The molecule has 11 heteroatoms. The zero-order chi connectivity index (χ0) is 24.2. The number of sulfonamides is 1. The number of nitrogens with one attached hydrogen (secondary N) is 1. The van der Waals surface area contributed by atoms with Crippen molar-refractivity contribution in [1.82, 2.24) is 0 Å². The van der Waals surface area contributed by atoms with Gasteiger partial charge in [-0.15, -0.1) is 0 Å². The second kappa shape index (κ2) is 9.72. The zero-order valence-electron chi connectivity index (χ0n) is 17.1. The highest BCUT2D eigenvalue weighted by atomic mass is 35.5. The molecule has 0 heterocycles. The summed E-state index contributed by atoms with van der Waals surface area (Å²) in [4.78, 5) is 12.5. The number of halogens is 4. The van der Waals surface area contributed by atoms with E-state index in [2.05, 4.69) is 5.32 Å². The summed E-state index contributed by atoms with van der Waals surface area (Å²) in [6.07, 6.45) is -3.94. The predicted octanol–water partition coefficient (Wildman–Crippen LogP) is 5.56. The predicted molar refractivity (Wildman–Crippen MR) is 120 cm³/mol. The Morgan fingerprint density at radius 1 is 1.00 bits per heavy atom. The molecule has 0 spiro atoms. The van der Waals surface area contributed by atoms with Crippen LogP contribution in [-0.2, 0) is 21.0 Å². The van der Waals surface area contributed by atoms with Crippen molar-refractivity contribution in [2.24, 2.45) is 0 Å². The number of ether oxygens (including phenoxy) is 1.